The summed E-state index contributed by atoms with van der Waals surface area (Å²) in [6, 6.07) is 2.44. The highest BCUT2D eigenvalue weighted by atomic mass is 79.9. The fraction of sp³-hybridized carbons (Fsp3) is 0.667. The Morgan fingerprint density at radius 3 is 2.88 bits per heavy atom. The molecule has 2 N–H and O–H groups in total. The first-order chi connectivity index (χ1) is 7.88. The normalized spacial score (nSPS) is 25.1. The number of rotatable bonds is 2. The number of halogens is 2. The molecule has 2 heterocycles. The molecule has 96 valence electrons. The lowest BCUT2D eigenvalue weighted by atomic mass is 9.80. The molecule has 0 spiro atoms. The first-order valence-corrected chi connectivity index (χ1v) is 7.79. The van der Waals surface area contributed by atoms with Crippen LogP contribution in [0.25, 0.3) is 0 Å². The van der Waals surface area contributed by atoms with E-state index in [1.807, 2.05) is 0 Å². The maximum absolute atomic E-state index is 6.14. The zero-order valence-corrected chi connectivity index (χ0v) is 13.3. The van der Waals surface area contributed by atoms with Crippen LogP contribution in [-0.4, -0.2) is 24.0 Å². The minimum absolute atomic E-state index is 0.205. The number of nitrogens with two attached hydrogens (primary N) is 1. The number of piperidine rings is 1. The van der Waals surface area contributed by atoms with Crippen molar-refractivity contribution >= 4 is 38.9 Å². The standard InChI is InChI=1S/C12H18BrClN2S/c1-12(2)7-16(4-3-10(12)15)6-8-5-9(13)11(14)17-8/h5,10H,3-4,6-7,15H2,1-2H3. The predicted molar refractivity (Wildman–Crippen MR) is 78.7 cm³/mol. The second-order valence-electron chi connectivity index (χ2n) is 5.43. The summed E-state index contributed by atoms with van der Waals surface area (Å²) in [6.45, 7) is 7.62. The van der Waals surface area contributed by atoms with E-state index in [4.69, 9.17) is 17.3 Å². The van der Waals surface area contributed by atoms with Crippen LogP contribution in [0.5, 0.6) is 0 Å². The molecular weight excluding hydrogens is 320 g/mol. The van der Waals surface area contributed by atoms with Crippen molar-refractivity contribution in [3.8, 4) is 0 Å². The fourth-order valence-corrected chi connectivity index (χ4v) is 4.14. The van der Waals surface area contributed by atoms with Crippen LogP contribution in [0.1, 0.15) is 25.1 Å². The molecule has 2 rings (SSSR count). The Morgan fingerprint density at radius 2 is 2.35 bits per heavy atom. The number of hydrogen-bond acceptors (Lipinski definition) is 3. The van der Waals surface area contributed by atoms with E-state index in [1.54, 1.807) is 11.3 Å². The second kappa shape index (κ2) is 5.17. The lowest BCUT2D eigenvalue weighted by Gasteiger charge is -2.42. The van der Waals surface area contributed by atoms with Gasteiger partial charge in [-0.3, -0.25) is 4.90 Å². The molecule has 17 heavy (non-hydrogen) atoms. The van der Waals surface area contributed by atoms with E-state index >= 15 is 0 Å². The molecule has 0 aromatic carbocycles. The molecule has 1 aromatic heterocycles. The summed E-state index contributed by atoms with van der Waals surface area (Å²) in [4.78, 5) is 3.78. The Kier molecular flexibility index (Phi) is 4.20. The SMILES string of the molecule is CC1(C)CN(Cc2cc(Br)c(Cl)s2)CCC1N. The van der Waals surface area contributed by atoms with Gasteiger partial charge in [0.2, 0.25) is 0 Å². The summed E-state index contributed by atoms with van der Waals surface area (Å²) < 4.78 is 1.85. The topological polar surface area (TPSA) is 29.3 Å². The van der Waals surface area contributed by atoms with Gasteiger partial charge in [-0.1, -0.05) is 25.4 Å². The highest BCUT2D eigenvalue weighted by molar-refractivity contribution is 9.10. The van der Waals surface area contributed by atoms with Gasteiger partial charge < -0.3 is 5.73 Å². The highest BCUT2D eigenvalue weighted by Gasteiger charge is 2.33. The molecule has 1 saturated heterocycles. The van der Waals surface area contributed by atoms with Gasteiger partial charge in [0.15, 0.2) is 0 Å². The molecule has 1 atom stereocenters. The lowest BCUT2D eigenvalue weighted by Crippen LogP contribution is -2.51. The van der Waals surface area contributed by atoms with Crippen LogP contribution in [0.3, 0.4) is 0 Å². The van der Waals surface area contributed by atoms with Crippen molar-refractivity contribution < 1.29 is 0 Å². The van der Waals surface area contributed by atoms with E-state index in [0.717, 1.165) is 34.9 Å². The van der Waals surface area contributed by atoms with E-state index in [9.17, 15) is 0 Å². The third-order valence-electron chi connectivity index (χ3n) is 3.47. The zero-order valence-electron chi connectivity index (χ0n) is 10.2. The van der Waals surface area contributed by atoms with Crippen LogP contribution in [-0.2, 0) is 6.54 Å². The Balaban J connectivity index is 2.01. The summed E-state index contributed by atoms with van der Waals surface area (Å²) in [5, 5.41) is 0. The van der Waals surface area contributed by atoms with Gasteiger partial charge in [0, 0.05) is 35.0 Å². The van der Waals surface area contributed by atoms with Gasteiger partial charge in [-0.15, -0.1) is 11.3 Å². The van der Waals surface area contributed by atoms with Gasteiger partial charge in [-0.2, -0.15) is 0 Å². The fourth-order valence-electron chi connectivity index (χ4n) is 2.31. The van der Waals surface area contributed by atoms with Crippen molar-refractivity contribution in [2.24, 2.45) is 11.1 Å². The average Bonchev–Trinajstić information content (AvgIpc) is 2.52. The Bertz CT molecular complexity index is 386. The predicted octanol–water partition coefficient (Wildman–Crippen LogP) is 3.72. The molecule has 2 nitrogen and oxygen atoms in total. The van der Waals surface area contributed by atoms with Crippen LogP contribution in [0, 0.1) is 5.41 Å². The minimum Gasteiger partial charge on any atom is -0.327 e. The molecule has 0 aliphatic carbocycles. The molecule has 1 unspecified atom stereocenters. The molecule has 5 heteroatoms. The summed E-state index contributed by atoms with van der Waals surface area (Å²) in [5.74, 6) is 0. The van der Waals surface area contributed by atoms with Crippen molar-refractivity contribution in [3.63, 3.8) is 0 Å². The molecule has 0 saturated carbocycles. The average molecular weight is 338 g/mol. The van der Waals surface area contributed by atoms with Gasteiger partial charge >= 0.3 is 0 Å². The number of likely N-dealkylation sites (tertiary alicyclic amines) is 1. The van der Waals surface area contributed by atoms with Crippen molar-refractivity contribution in [2.75, 3.05) is 13.1 Å². The molecule has 1 aliphatic rings. The van der Waals surface area contributed by atoms with Gasteiger partial charge in [0.1, 0.15) is 4.34 Å². The largest absolute Gasteiger partial charge is 0.327 e. The Labute approximate surface area is 120 Å². The molecule has 1 aliphatic heterocycles. The van der Waals surface area contributed by atoms with Crippen molar-refractivity contribution in [3.05, 3.63) is 19.8 Å². The van der Waals surface area contributed by atoms with Gasteiger partial charge in [-0.05, 0) is 33.8 Å². The highest BCUT2D eigenvalue weighted by Crippen LogP contribution is 2.34. The molecule has 0 radical (unpaired) electrons. The molecule has 1 aromatic rings. The number of hydrogen-bond donors (Lipinski definition) is 1. The number of thiophene rings is 1. The number of nitrogens with zero attached hydrogens (tertiary/aromatic N) is 1. The van der Waals surface area contributed by atoms with E-state index in [2.05, 4.69) is 40.7 Å². The quantitative estimate of drug-likeness (QED) is 0.891. The van der Waals surface area contributed by atoms with Crippen LogP contribution in [0.4, 0.5) is 0 Å². The van der Waals surface area contributed by atoms with Gasteiger partial charge in [0.25, 0.3) is 0 Å². The van der Waals surface area contributed by atoms with E-state index in [0.29, 0.717) is 6.04 Å². The molecule has 0 bridgehead atoms. The zero-order chi connectivity index (χ0) is 12.6. The molecule has 0 amide bonds. The summed E-state index contributed by atoms with van der Waals surface area (Å²) in [6.07, 6.45) is 1.08. The maximum Gasteiger partial charge on any atom is 0.107 e. The van der Waals surface area contributed by atoms with Gasteiger partial charge in [-0.25, -0.2) is 0 Å². The van der Waals surface area contributed by atoms with Gasteiger partial charge in [0.05, 0.1) is 0 Å². The Hall–Kier alpha value is 0.390. The van der Waals surface area contributed by atoms with Crippen molar-refractivity contribution in [2.45, 2.75) is 32.9 Å². The third kappa shape index (κ3) is 3.24. The van der Waals surface area contributed by atoms with E-state index in [1.165, 1.54) is 4.88 Å². The van der Waals surface area contributed by atoms with E-state index < -0.39 is 0 Å². The van der Waals surface area contributed by atoms with Crippen molar-refractivity contribution in [1.29, 1.82) is 0 Å². The molecule has 1 fully saturated rings. The second-order valence-corrected chi connectivity index (χ2v) is 8.02. The van der Waals surface area contributed by atoms with Crippen LogP contribution < -0.4 is 5.73 Å². The first kappa shape index (κ1) is 13.8. The monoisotopic (exact) mass is 336 g/mol. The van der Waals surface area contributed by atoms with Crippen LogP contribution >= 0.6 is 38.9 Å². The smallest absolute Gasteiger partial charge is 0.107 e. The summed E-state index contributed by atoms with van der Waals surface area (Å²) >= 11 is 11.2. The third-order valence-corrected chi connectivity index (χ3v) is 5.93. The lowest BCUT2D eigenvalue weighted by molar-refractivity contribution is 0.0907. The van der Waals surface area contributed by atoms with Crippen LogP contribution in [0.15, 0.2) is 10.5 Å². The minimum atomic E-state index is 0.205. The first-order valence-electron chi connectivity index (χ1n) is 5.80. The van der Waals surface area contributed by atoms with E-state index in [-0.39, 0.29) is 5.41 Å². The van der Waals surface area contributed by atoms with Crippen LogP contribution in [0.2, 0.25) is 4.34 Å². The maximum atomic E-state index is 6.14. The Morgan fingerprint density at radius 1 is 1.65 bits per heavy atom. The summed E-state index contributed by atoms with van der Waals surface area (Å²) in [5.41, 5.74) is 6.35. The summed E-state index contributed by atoms with van der Waals surface area (Å²) in [7, 11) is 0. The molecular formula is C12H18BrClN2S. The van der Waals surface area contributed by atoms with Crippen molar-refractivity contribution in [1.82, 2.24) is 4.90 Å².